The first-order valence-corrected chi connectivity index (χ1v) is 11.8. The predicted octanol–water partition coefficient (Wildman–Crippen LogP) is 6.05. The molecule has 5 heteroatoms. The minimum Gasteiger partial charge on any atom is -0.341 e. The van der Waals surface area contributed by atoms with E-state index in [1.807, 2.05) is 78.7 Å². The second-order valence-electron chi connectivity index (χ2n) is 9.10. The topological polar surface area (TPSA) is 23.6 Å². The van der Waals surface area contributed by atoms with E-state index in [1.54, 1.807) is 6.92 Å². The largest absolute Gasteiger partial charge is 0.341 e. The van der Waals surface area contributed by atoms with Gasteiger partial charge in [0.25, 0.3) is 0 Å². The molecule has 0 aromatic heterocycles. The third-order valence-corrected chi connectivity index (χ3v) is 6.89. The number of piperidine rings is 1. The van der Waals surface area contributed by atoms with Crippen molar-refractivity contribution in [3.8, 4) is 0 Å². The van der Waals surface area contributed by atoms with Crippen LogP contribution in [-0.2, 0) is 17.9 Å². The minimum atomic E-state index is -0.197. The molecule has 1 aliphatic heterocycles. The number of amides is 1. The van der Waals surface area contributed by atoms with Gasteiger partial charge in [0.2, 0.25) is 5.91 Å². The second-order valence-corrected chi connectivity index (χ2v) is 9.51. The molecule has 0 radical (unpaired) electrons. The summed E-state index contributed by atoms with van der Waals surface area (Å²) in [5.41, 5.74) is 3.89. The van der Waals surface area contributed by atoms with E-state index >= 15 is 0 Å². The van der Waals surface area contributed by atoms with E-state index in [2.05, 4.69) is 4.90 Å². The summed E-state index contributed by atoms with van der Waals surface area (Å²) in [6, 6.07) is 23.2. The van der Waals surface area contributed by atoms with E-state index in [-0.39, 0.29) is 23.6 Å². The average Bonchev–Trinajstić information content (AvgIpc) is 2.82. The molecule has 33 heavy (non-hydrogen) atoms. The van der Waals surface area contributed by atoms with Crippen LogP contribution in [0.3, 0.4) is 0 Å². The standard InChI is InChI=1S/C28H30ClFN2O/c1-20-14-22(12-13-27(20)30)24-15-25(28(33)31(2)16-21-8-4-3-5-9-21)19-32(18-24)17-23-10-6-7-11-26(23)29/h3-14,24-25H,15-19H2,1-2H3/t24-,25-/m0/s1. The first-order valence-electron chi connectivity index (χ1n) is 11.4. The van der Waals surface area contributed by atoms with Crippen LogP contribution < -0.4 is 0 Å². The zero-order chi connectivity index (χ0) is 23.4. The number of benzene rings is 3. The van der Waals surface area contributed by atoms with Crippen LogP contribution in [-0.4, -0.2) is 35.8 Å². The summed E-state index contributed by atoms with van der Waals surface area (Å²) in [6.07, 6.45) is 0.752. The SMILES string of the molecule is Cc1cc([C@H]2C[C@H](C(=O)N(C)Cc3ccccc3)CN(Cc3ccccc3Cl)C2)ccc1F. The van der Waals surface area contributed by atoms with Crippen molar-refractivity contribution in [1.29, 1.82) is 0 Å². The van der Waals surface area contributed by atoms with Gasteiger partial charge >= 0.3 is 0 Å². The Hall–Kier alpha value is -2.69. The molecule has 0 unspecified atom stereocenters. The molecular weight excluding hydrogens is 435 g/mol. The molecule has 3 aromatic carbocycles. The molecule has 0 aliphatic carbocycles. The maximum Gasteiger partial charge on any atom is 0.227 e. The fourth-order valence-corrected chi connectivity index (χ4v) is 4.97. The maximum atomic E-state index is 13.9. The molecule has 1 amide bonds. The molecule has 1 aliphatic rings. The quantitative estimate of drug-likeness (QED) is 0.443. The zero-order valence-electron chi connectivity index (χ0n) is 19.2. The van der Waals surface area contributed by atoms with Crippen molar-refractivity contribution >= 4 is 17.5 Å². The Morgan fingerprint density at radius 2 is 1.79 bits per heavy atom. The predicted molar refractivity (Wildman–Crippen MR) is 132 cm³/mol. The lowest BCUT2D eigenvalue weighted by molar-refractivity contribution is -0.137. The van der Waals surface area contributed by atoms with Crippen LogP contribution in [0.15, 0.2) is 72.8 Å². The monoisotopic (exact) mass is 464 g/mol. The minimum absolute atomic E-state index is 0.134. The number of hydrogen-bond donors (Lipinski definition) is 0. The molecular formula is C28H30ClFN2O. The first kappa shape index (κ1) is 23.5. The van der Waals surface area contributed by atoms with Crippen molar-refractivity contribution in [1.82, 2.24) is 9.80 Å². The van der Waals surface area contributed by atoms with Gasteiger partial charge in [-0.05, 0) is 53.6 Å². The highest BCUT2D eigenvalue weighted by molar-refractivity contribution is 6.31. The van der Waals surface area contributed by atoms with Crippen molar-refractivity contribution in [2.45, 2.75) is 32.4 Å². The molecule has 0 bridgehead atoms. The van der Waals surface area contributed by atoms with Crippen LogP contribution in [0.25, 0.3) is 0 Å². The summed E-state index contributed by atoms with van der Waals surface area (Å²) >= 11 is 6.43. The zero-order valence-corrected chi connectivity index (χ0v) is 19.9. The Kier molecular flexibility index (Phi) is 7.46. The molecule has 1 saturated heterocycles. The highest BCUT2D eigenvalue weighted by Crippen LogP contribution is 2.33. The molecule has 3 aromatic rings. The summed E-state index contributed by atoms with van der Waals surface area (Å²) in [6.45, 7) is 4.55. The number of nitrogens with zero attached hydrogens (tertiary/aromatic N) is 2. The van der Waals surface area contributed by atoms with E-state index in [0.717, 1.165) is 34.7 Å². The Morgan fingerprint density at radius 1 is 1.06 bits per heavy atom. The van der Waals surface area contributed by atoms with Gasteiger partial charge in [0, 0.05) is 38.2 Å². The van der Waals surface area contributed by atoms with Crippen molar-refractivity contribution in [2.75, 3.05) is 20.1 Å². The molecule has 172 valence electrons. The van der Waals surface area contributed by atoms with Crippen molar-refractivity contribution in [3.05, 3.63) is 106 Å². The summed E-state index contributed by atoms with van der Waals surface area (Å²) in [5, 5.41) is 0.737. The van der Waals surface area contributed by atoms with Gasteiger partial charge in [-0.3, -0.25) is 9.69 Å². The molecule has 0 saturated carbocycles. The third-order valence-electron chi connectivity index (χ3n) is 6.52. The van der Waals surface area contributed by atoms with E-state index in [0.29, 0.717) is 25.2 Å². The van der Waals surface area contributed by atoms with Gasteiger partial charge in [-0.15, -0.1) is 0 Å². The maximum absolute atomic E-state index is 13.9. The van der Waals surface area contributed by atoms with Crippen molar-refractivity contribution in [2.24, 2.45) is 5.92 Å². The number of halogens is 2. The molecule has 4 rings (SSSR count). The lowest BCUT2D eigenvalue weighted by Gasteiger charge is -2.39. The number of rotatable bonds is 6. The van der Waals surface area contributed by atoms with Crippen LogP contribution >= 0.6 is 11.6 Å². The molecule has 1 heterocycles. The van der Waals surface area contributed by atoms with Gasteiger partial charge in [-0.1, -0.05) is 72.3 Å². The van der Waals surface area contributed by atoms with E-state index in [9.17, 15) is 9.18 Å². The normalized spacial score (nSPS) is 18.8. The van der Waals surface area contributed by atoms with Gasteiger partial charge in [0.15, 0.2) is 0 Å². The first-order chi connectivity index (χ1) is 15.9. The van der Waals surface area contributed by atoms with Gasteiger partial charge in [0.1, 0.15) is 5.82 Å². The molecule has 1 fully saturated rings. The Labute approximate surface area is 200 Å². The Morgan fingerprint density at radius 3 is 2.52 bits per heavy atom. The number of likely N-dealkylation sites (tertiary alicyclic amines) is 1. The van der Waals surface area contributed by atoms with Crippen molar-refractivity contribution in [3.63, 3.8) is 0 Å². The van der Waals surface area contributed by atoms with Crippen LogP contribution in [0.1, 0.15) is 34.6 Å². The summed E-state index contributed by atoms with van der Waals surface area (Å²) in [7, 11) is 1.87. The average molecular weight is 465 g/mol. The number of carbonyl (C=O) groups excluding carboxylic acids is 1. The van der Waals surface area contributed by atoms with E-state index in [1.165, 1.54) is 6.07 Å². The highest BCUT2D eigenvalue weighted by Gasteiger charge is 2.34. The summed E-state index contributed by atoms with van der Waals surface area (Å²) in [4.78, 5) is 17.6. The molecule has 0 spiro atoms. The second kappa shape index (κ2) is 10.5. The molecule has 3 nitrogen and oxygen atoms in total. The molecule has 2 atom stereocenters. The van der Waals surface area contributed by atoms with Crippen LogP contribution in [0, 0.1) is 18.7 Å². The Balaban J connectivity index is 1.56. The fourth-order valence-electron chi connectivity index (χ4n) is 4.78. The lowest BCUT2D eigenvalue weighted by Crippen LogP contribution is -2.45. The van der Waals surface area contributed by atoms with Gasteiger partial charge in [-0.2, -0.15) is 0 Å². The van der Waals surface area contributed by atoms with Crippen molar-refractivity contribution < 1.29 is 9.18 Å². The highest BCUT2D eigenvalue weighted by atomic mass is 35.5. The summed E-state index contributed by atoms with van der Waals surface area (Å²) in [5.74, 6) is -0.0332. The van der Waals surface area contributed by atoms with E-state index < -0.39 is 0 Å². The van der Waals surface area contributed by atoms with Crippen LogP contribution in [0.4, 0.5) is 4.39 Å². The summed E-state index contributed by atoms with van der Waals surface area (Å²) < 4.78 is 13.9. The Bertz CT molecular complexity index is 1100. The smallest absolute Gasteiger partial charge is 0.227 e. The van der Waals surface area contributed by atoms with Gasteiger partial charge < -0.3 is 4.90 Å². The number of carbonyl (C=O) groups is 1. The third kappa shape index (κ3) is 5.82. The van der Waals surface area contributed by atoms with Gasteiger partial charge in [0.05, 0.1) is 5.92 Å². The fraction of sp³-hybridized carbons (Fsp3) is 0.321. The number of hydrogen-bond acceptors (Lipinski definition) is 2. The lowest BCUT2D eigenvalue weighted by atomic mass is 9.83. The van der Waals surface area contributed by atoms with Crippen LogP contribution in [0.5, 0.6) is 0 Å². The van der Waals surface area contributed by atoms with Crippen LogP contribution in [0.2, 0.25) is 5.02 Å². The van der Waals surface area contributed by atoms with E-state index in [4.69, 9.17) is 11.6 Å². The molecule has 0 N–H and O–H groups in total. The number of aryl methyl sites for hydroxylation is 1. The van der Waals surface area contributed by atoms with Gasteiger partial charge in [-0.25, -0.2) is 4.39 Å².